The van der Waals surface area contributed by atoms with Crippen molar-refractivity contribution in [1.29, 1.82) is 0 Å². The quantitative estimate of drug-likeness (QED) is 0.759. The normalized spacial score (nSPS) is 13.1. The van der Waals surface area contributed by atoms with Crippen LogP contribution in [-0.2, 0) is 11.2 Å². The third-order valence-corrected chi connectivity index (χ3v) is 2.97. The number of benzene rings is 1. The van der Waals surface area contributed by atoms with Crippen LogP contribution in [0, 0.1) is 0 Å². The third-order valence-electron chi connectivity index (χ3n) is 2.97. The Hall–Kier alpha value is -1.81. The zero-order valence-electron chi connectivity index (χ0n) is 13.7. The van der Waals surface area contributed by atoms with Gasteiger partial charge in [-0.3, -0.25) is 0 Å². The fraction of sp³-hybridized carbons (Fsp3) is 0.500. The van der Waals surface area contributed by atoms with Crippen LogP contribution >= 0.6 is 0 Å². The van der Waals surface area contributed by atoms with E-state index in [1.165, 1.54) is 5.56 Å². The van der Waals surface area contributed by atoms with Crippen molar-refractivity contribution >= 4 is 6.09 Å². The Morgan fingerprint density at radius 3 is 2.55 bits per heavy atom. The van der Waals surface area contributed by atoms with Gasteiger partial charge in [-0.25, -0.2) is 4.79 Å². The number of ether oxygens (including phenoxy) is 1. The Kier molecular flexibility index (Phi) is 7.67. The van der Waals surface area contributed by atoms with Gasteiger partial charge in [0, 0.05) is 0 Å². The van der Waals surface area contributed by atoms with Crippen LogP contribution in [0.3, 0.4) is 0 Å². The van der Waals surface area contributed by atoms with Crippen LogP contribution in [0.25, 0.3) is 0 Å². The molecule has 0 bridgehead atoms. The van der Waals surface area contributed by atoms with Gasteiger partial charge in [-0.2, -0.15) is 0 Å². The summed E-state index contributed by atoms with van der Waals surface area (Å²) in [5.41, 5.74) is 0.771. The lowest BCUT2D eigenvalue weighted by atomic mass is 10.1. The number of hydrogen-bond donors (Lipinski definition) is 2. The van der Waals surface area contributed by atoms with E-state index >= 15 is 0 Å². The highest BCUT2D eigenvalue weighted by Gasteiger charge is 2.18. The summed E-state index contributed by atoms with van der Waals surface area (Å²) in [6.07, 6.45) is 6.08. The molecule has 1 atom stereocenters. The standard InChI is InChI=1S/C18H27NO3/c1-18(2,3)22-17(21)19-16(14-20)13-9-5-8-12-15-10-6-4-7-11-15/h4-7,9-11,16,20H,8,12-14H2,1-3H3,(H,19,21). The molecule has 0 fully saturated rings. The minimum absolute atomic E-state index is 0.109. The largest absolute Gasteiger partial charge is 0.444 e. The van der Waals surface area contributed by atoms with Gasteiger partial charge in [-0.15, -0.1) is 0 Å². The van der Waals surface area contributed by atoms with Crippen LogP contribution in [0.4, 0.5) is 4.79 Å². The van der Waals surface area contributed by atoms with Crippen molar-refractivity contribution in [3.05, 3.63) is 48.0 Å². The lowest BCUT2D eigenvalue weighted by molar-refractivity contribution is 0.0483. The van der Waals surface area contributed by atoms with E-state index in [1.54, 1.807) is 0 Å². The minimum atomic E-state index is -0.532. The van der Waals surface area contributed by atoms with E-state index in [-0.39, 0.29) is 12.6 Å². The molecule has 0 aliphatic rings. The summed E-state index contributed by atoms with van der Waals surface area (Å²) in [5.74, 6) is 0. The molecule has 0 spiro atoms. The van der Waals surface area contributed by atoms with E-state index in [0.717, 1.165) is 12.8 Å². The summed E-state index contributed by atoms with van der Waals surface area (Å²) in [6.45, 7) is 5.32. The van der Waals surface area contributed by atoms with Gasteiger partial charge in [0.05, 0.1) is 12.6 Å². The average molecular weight is 305 g/mol. The van der Waals surface area contributed by atoms with Gasteiger partial charge in [0.2, 0.25) is 0 Å². The van der Waals surface area contributed by atoms with Gasteiger partial charge in [0.15, 0.2) is 0 Å². The minimum Gasteiger partial charge on any atom is -0.444 e. The van der Waals surface area contributed by atoms with Gasteiger partial charge in [-0.05, 0) is 45.6 Å². The molecule has 1 unspecified atom stereocenters. The molecule has 0 saturated carbocycles. The van der Waals surface area contributed by atoms with Crippen molar-refractivity contribution in [2.75, 3.05) is 6.61 Å². The molecule has 1 rings (SSSR count). The van der Waals surface area contributed by atoms with Gasteiger partial charge >= 0.3 is 6.09 Å². The van der Waals surface area contributed by atoms with Gasteiger partial charge in [0.25, 0.3) is 0 Å². The number of aliphatic hydroxyl groups excluding tert-OH is 1. The number of hydrogen-bond acceptors (Lipinski definition) is 3. The smallest absolute Gasteiger partial charge is 0.407 e. The molecule has 0 aliphatic heterocycles. The van der Waals surface area contributed by atoms with E-state index < -0.39 is 11.7 Å². The Morgan fingerprint density at radius 2 is 1.95 bits per heavy atom. The fourth-order valence-electron chi connectivity index (χ4n) is 1.93. The molecule has 1 aromatic rings. The predicted molar refractivity (Wildman–Crippen MR) is 88.8 cm³/mol. The number of carbonyl (C=O) groups excluding carboxylic acids is 1. The summed E-state index contributed by atoms with van der Waals surface area (Å²) < 4.78 is 5.17. The number of aliphatic hydroxyl groups is 1. The molecule has 2 N–H and O–H groups in total. The SMILES string of the molecule is CC(C)(C)OC(=O)NC(CO)CC=CCCc1ccccc1. The molecule has 4 nitrogen and oxygen atoms in total. The highest BCUT2D eigenvalue weighted by Crippen LogP contribution is 2.07. The second-order valence-electron chi connectivity index (χ2n) is 6.26. The number of nitrogens with one attached hydrogen (secondary N) is 1. The molecule has 1 aromatic carbocycles. The molecule has 0 heterocycles. The topological polar surface area (TPSA) is 58.6 Å². The molecule has 0 aromatic heterocycles. The van der Waals surface area contributed by atoms with E-state index in [4.69, 9.17) is 4.74 Å². The molecular formula is C18H27NO3. The predicted octanol–water partition coefficient (Wildman–Crippen LogP) is 3.45. The van der Waals surface area contributed by atoms with Crippen LogP contribution in [0.2, 0.25) is 0 Å². The summed E-state index contributed by atoms with van der Waals surface area (Å²) >= 11 is 0. The molecule has 1 amide bonds. The maximum absolute atomic E-state index is 11.6. The third kappa shape index (κ3) is 8.47. The van der Waals surface area contributed by atoms with Gasteiger partial charge in [-0.1, -0.05) is 42.5 Å². The van der Waals surface area contributed by atoms with Gasteiger partial charge < -0.3 is 15.2 Å². The first kappa shape index (κ1) is 18.2. The highest BCUT2D eigenvalue weighted by atomic mass is 16.6. The van der Waals surface area contributed by atoms with Crippen LogP contribution in [-0.4, -0.2) is 29.4 Å². The maximum Gasteiger partial charge on any atom is 0.407 e. The summed E-state index contributed by atoms with van der Waals surface area (Å²) in [4.78, 5) is 11.6. The first-order chi connectivity index (χ1) is 10.4. The molecule has 22 heavy (non-hydrogen) atoms. The Balaban J connectivity index is 2.28. The number of aryl methyl sites for hydroxylation is 1. The van der Waals surface area contributed by atoms with E-state index in [9.17, 15) is 9.90 Å². The van der Waals surface area contributed by atoms with E-state index in [0.29, 0.717) is 6.42 Å². The maximum atomic E-state index is 11.6. The summed E-state index contributed by atoms with van der Waals surface area (Å²) in [7, 11) is 0. The Labute approximate surface area is 133 Å². The Morgan fingerprint density at radius 1 is 1.27 bits per heavy atom. The zero-order chi connectivity index (χ0) is 16.4. The van der Waals surface area contributed by atoms with Crippen LogP contribution in [0.15, 0.2) is 42.5 Å². The van der Waals surface area contributed by atoms with Gasteiger partial charge in [0.1, 0.15) is 5.60 Å². The van der Waals surface area contributed by atoms with Crippen molar-refractivity contribution in [3.63, 3.8) is 0 Å². The lowest BCUT2D eigenvalue weighted by Gasteiger charge is -2.22. The van der Waals surface area contributed by atoms with Crippen LogP contribution in [0.5, 0.6) is 0 Å². The van der Waals surface area contributed by atoms with Crippen molar-refractivity contribution in [3.8, 4) is 0 Å². The second kappa shape index (κ2) is 9.26. The van der Waals surface area contributed by atoms with E-state index in [2.05, 4.69) is 23.5 Å². The summed E-state index contributed by atoms with van der Waals surface area (Å²) in [6, 6.07) is 9.97. The highest BCUT2D eigenvalue weighted by molar-refractivity contribution is 5.68. The lowest BCUT2D eigenvalue weighted by Crippen LogP contribution is -2.40. The first-order valence-electron chi connectivity index (χ1n) is 7.70. The fourth-order valence-corrected chi connectivity index (χ4v) is 1.93. The Bertz CT molecular complexity index is 463. The molecule has 122 valence electrons. The molecule has 0 aliphatic carbocycles. The first-order valence-corrected chi connectivity index (χ1v) is 7.70. The number of rotatable bonds is 7. The van der Waals surface area contributed by atoms with Crippen LogP contribution in [0.1, 0.15) is 39.2 Å². The molecule has 0 radical (unpaired) electrons. The zero-order valence-corrected chi connectivity index (χ0v) is 13.7. The van der Waals surface area contributed by atoms with Crippen molar-refractivity contribution < 1.29 is 14.6 Å². The number of allylic oxidation sites excluding steroid dienone is 1. The van der Waals surface area contributed by atoms with Crippen molar-refractivity contribution in [2.24, 2.45) is 0 Å². The molecular weight excluding hydrogens is 278 g/mol. The van der Waals surface area contributed by atoms with Crippen LogP contribution < -0.4 is 5.32 Å². The van der Waals surface area contributed by atoms with Crippen molar-refractivity contribution in [2.45, 2.75) is 51.7 Å². The van der Waals surface area contributed by atoms with Crippen molar-refractivity contribution in [1.82, 2.24) is 5.32 Å². The number of amides is 1. The monoisotopic (exact) mass is 305 g/mol. The average Bonchev–Trinajstić information content (AvgIpc) is 2.44. The summed E-state index contributed by atoms with van der Waals surface area (Å²) in [5, 5.41) is 12.0. The second-order valence-corrected chi connectivity index (χ2v) is 6.26. The molecule has 4 heteroatoms. The van der Waals surface area contributed by atoms with E-state index in [1.807, 2.05) is 45.0 Å². The number of carbonyl (C=O) groups is 1. The molecule has 0 saturated heterocycles. The number of alkyl carbamates (subject to hydrolysis) is 1.